The molecule has 0 bridgehead atoms. The summed E-state index contributed by atoms with van der Waals surface area (Å²) in [6.45, 7) is -2.47. The van der Waals surface area contributed by atoms with E-state index in [9.17, 15) is 4.89 Å². The van der Waals surface area contributed by atoms with E-state index < -0.39 is 6.49 Å². The Bertz CT molecular complexity index is 208. The van der Waals surface area contributed by atoms with E-state index in [1.165, 1.54) is 0 Å². The molecule has 1 rings (SSSR count). The van der Waals surface area contributed by atoms with Crippen LogP contribution in [0.3, 0.4) is 0 Å². The van der Waals surface area contributed by atoms with Crippen molar-refractivity contribution in [2.45, 2.75) is 18.9 Å². The van der Waals surface area contributed by atoms with Gasteiger partial charge in [-0.15, -0.1) is 6.42 Å². The van der Waals surface area contributed by atoms with Gasteiger partial charge >= 0.3 is 0 Å². The quantitative estimate of drug-likeness (QED) is 0.442. The van der Waals surface area contributed by atoms with E-state index in [0.717, 1.165) is 12.8 Å². The molecule has 0 aromatic rings. The molecule has 0 radical (unpaired) electrons. The highest BCUT2D eigenvalue weighted by Gasteiger charge is 2.24. The van der Waals surface area contributed by atoms with Gasteiger partial charge in [0.05, 0.1) is 0 Å². The molecular formula is C6H9O2PS. The van der Waals surface area contributed by atoms with Crippen LogP contribution in [0.5, 0.6) is 0 Å². The van der Waals surface area contributed by atoms with Crippen molar-refractivity contribution in [2.24, 2.45) is 0 Å². The second kappa shape index (κ2) is 3.02. The maximum absolute atomic E-state index is 9.28. The average Bonchev–Trinajstić information content (AvgIpc) is 1.86. The lowest BCUT2D eigenvalue weighted by Gasteiger charge is -2.25. The molecule has 1 saturated heterocycles. The Kier molecular flexibility index (Phi) is 2.49. The Balaban J connectivity index is 2.58. The Hall–Kier alpha value is 0.130. The van der Waals surface area contributed by atoms with Crippen molar-refractivity contribution in [2.75, 3.05) is 6.16 Å². The van der Waals surface area contributed by atoms with Crippen molar-refractivity contribution in [3.63, 3.8) is 0 Å². The molecule has 0 aromatic heterocycles. The van der Waals surface area contributed by atoms with Crippen LogP contribution in [0.15, 0.2) is 0 Å². The number of rotatable bonds is 0. The molecule has 1 heterocycles. The topological polar surface area (TPSA) is 29.5 Å². The van der Waals surface area contributed by atoms with Crippen LogP contribution in [-0.2, 0) is 16.3 Å². The Morgan fingerprint density at radius 1 is 1.80 bits per heavy atom. The van der Waals surface area contributed by atoms with E-state index in [4.69, 9.17) is 22.8 Å². The normalized spacial score (nSPS) is 40.6. The lowest BCUT2D eigenvalue weighted by molar-refractivity contribution is 0.224. The highest BCUT2D eigenvalue weighted by atomic mass is 32.5. The lowest BCUT2D eigenvalue weighted by atomic mass is 10.2. The van der Waals surface area contributed by atoms with Crippen molar-refractivity contribution in [3.05, 3.63) is 0 Å². The fourth-order valence-corrected chi connectivity index (χ4v) is 2.84. The van der Waals surface area contributed by atoms with Crippen LogP contribution < -0.4 is 0 Å². The molecule has 2 unspecified atom stereocenters. The van der Waals surface area contributed by atoms with Crippen molar-refractivity contribution < 1.29 is 9.42 Å². The van der Waals surface area contributed by atoms with Crippen LogP contribution in [0, 0.1) is 12.3 Å². The zero-order chi connectivity index (χ0) is 7.61. The minimum atomic E-state index is -2.47. The van der Waals surface area contributed by atoms with E-state index >= 15 is 0 Å². The van der Waals surface area contributed by atoms with Gasteiger partial charge in [0.2, 0.25) is 0 Å². The summed E-state index contributed by atoms with van der Waals surface area (Å²) in [5, 5.41) is 0. The van der Waals surface area contributed by atoms with Gasteiger partial charge in [0.25, 0.3) is 0 Å². The third-order valence-corrected chi connectivity index (χ3v) is 3.66. The number of terminal acetylenes is 1. The summed E-state index contributed by atoms with van der Waals surface area (Å²) in [6.07, 6.45) is 7.20. The summed E-state index contributed by atoms with van der Waals surface area (Å²) in [5.74, 6) is 2.44. The fourth-order valence-electron chi connectivity index (χ4n) is 0.894. The zero-order valence-corrected chi connectivity index (χ0v) is 7.20. The van der Waals surface area contributed by atoms with Crippen LogP contribution in [0.4, 0.5) is 0 Å². The highest BCUT2D eigenvalue weighted by Crippen LogP contribution is 2.48. The third-order valence-electron chi connectivity index (χ3n) is 1.38. The summed E-state index contributed by atoms with van der Waals surface area (Å²) in [7, 11) is 0. The van der Waals surface area contributed by atoms with Crippen LogP contribution in [0.1, 0.15) is 12.8 Å². The molecule has 10 heavy (non-hydrogen) atoms. The molecule has 2 atom stereocenters. The van der Waals surface area contributed by atoms with Crippen LogP contribution in [-0.4, -0.2) is 17.2 Å². The van der Waals surface area contributed by atoms with Gasteiger partial charge in [0.1, 0.15) is 6.10 Å². The van der Waals surface area contributed by atoms with E-state index in [0.29, 0.717) is 6.16 Å². The lowest BCUT2D eigenvalue weighted by Crippen LogP contribution is -2.15. The fraction of sp³-hybridized carbons (Fsp3) is 0.667. The summed E-state index contributed by atoms with van der Waals surface area (Å²) < 4.78 is 5.07. The van der Waals surface area contributed by atoms with Crippen molar-refractivity contribution in [1.82, 2.24) is 0 Å². The van der Waals surface area contributed by atoms with Gasteiger partial charge in [-0.25, -0.2) is 0 Å². The van der Waals surface area contributed by atoms with E-state index in [2.05, 4.69) is 5.92 Å². The third kappa shape index (κ3) is 2.07. The van der Waals surface area contributed by atoms with Gasteiger partial charge in [-0.1, -0.05) is 5.92 Å². The molecule has 4 heteroatoms. The van der Waals surface area contributed by atoms with E-state index in [1.807, 2.05) is 0 Å². The van der Waals surface area contributed by atoms with Crippen LogP contribution in [0.25, 0.3) is 0 Å². The molecule has 0 amide bonds. The van der Waals surface area contributed by atoms with E-state index in [1.54, 1.807) is 0 Å². The molecule has 1 fully saturated rings. The smallest absolute Gasteiger partial charge is 0.187 e. The van der Waals surface area contributed by atoms with Crippen molar-refractivity contribution in [1.29, 1.82) is 0 Å². The van der Waals surface area contributed by atoms with Gasteiger partial charge in [-0.2, -0.15) is 0 Å². The number of hydrogen-bond acceptors (Lipinski definition) is 2. The Morgan fingerprint density at radius 2 is 2.50 bits per heavy atom. The standard InChI is InChI=1S/C6H9O2PS/c1-2-6-4-3-5-9(7,10)8-6/h1,6H,3-5H2,(H,7,10). The predicted molar refractivity (Wildman–Crippen MR) is 44.3 cm³/mol. The van der Waals surface area contributed by atoms with Gasteiger partial charge < -0.3 is 9.42 Å². The summed E-state index contributed by atoms with van der Waals surface area (Å²) in [6, 6.07) is 0. The first-order chi connectivity index (χ1) is 4.64. The summed E-state index contributed by atoms with van der Waals surface area (Å²) >= 11 is 4.79. The first-order valence-corrected chi connectivity index (χ1v) is 5.96. The maximum atomic E-state index is 9.28. The SMILES string of the molecule is C#CC1CCCP(O)(=S)O1. The zero-order valence-electron chi connectivity index (χ0n) is 5.49. The molecule has 1 aliphatic rings. The first kappa shape index (κ1) is 8.23. The van der Waals surface area contributed by atoms with Crippen LogP contribution in [0.2, 0.25) is 0 Å². The summed E-state index contributed by atoms with van der Waals surface area (Å²) in [4.78, 5) is 9.28. The Morgan fingerprint density at radius 3 is 2.90 bits per heavy atom. The van der Waals surface area contributed by atoms with Crippen molar-refractivity contribution >= 4 is 18.3 Å². The largest absolute Gasteiger partial charge is 0.345 e. The predicted octanol–water partition coefficient (Wildman–Crippen LogP) is 1.10. The molecule has 0 saturated carbocycles. The molecule has 1 N–H and O–H groups in total. The summed E-state index contributed by atoms with van der Waals surface area (Å²) in [5.41, 5.74) is 0. The van der Waals surface area contributed by atoms with Gasteiger partial charge in [0.15, 0.2) is 6.49 Å². The molecule has 56 valence electrons. The van der Waals surface area contributed by atoms with Gasteiger partial charge in [0, 0.05) is 6.16 Å². The molecule has 1 aliphatic heterocycles. The minimum absolute atomic E-state index is 0.246. The van der Waals surface area contributed by atoms with Crippen molar-refractivity contribution in [3.8, 4) is 12.3 Å². The number of hydrogen-bond donors (Lipinski definition) is 1. The van der Waals surface area contributed by atoms with Crippen LogP contribution >= 0.6 is 6.49 Å². The molecule has 2 nitrogen and oxygen atoms in total. The van der Waals surface area contributed by atoms with Gasteiger partial charge in [-0.3, -0.25) is 0 Å². The highest BCUT2D eigenvalue weighted by molar-refractivity contribution is 8.09. The average molecular weight is 176 g/mol. The Labute approximate surface area is 65.8 Å². The molecule has 0 spiro atoms. The maximum Gasteiger partial charge on any atom is 0.187 e. The van der Waals surface area contributed by atoms with E-state index in [-0.39, 0.29) is 6.10 Å². The monoisotopic (exact) mass is 176 g/mol. The second-order valence-corrected chi connectivity index (χ2v) is 5.91. The molecule has 0 aromatic carbocycles. The molecule has 0 aliphatic carbocycles. The molecular weight excluding hydrogens is 167 g/mol. The minimum Gasteiger partial charge on any atom is -0.345 e. The van der Waals surface area contributed by atoms with Gasteiger partial charge in [-0.05, 0) is 24.6 Å². The first-order valence-electron chi connectivity index (χ1n) is 3.10. The second-order valence-electron chi connectivity index (χ2n) is 2.26.